The molecule has 1 heterocycles. The number of rotatable bonds is 3. The summed E-state index contributed by atoms with van der Waals surface area (Å²) < 4.78 is 2.77. The van der Waals surface area contributed by atoms with Crippen LogP contribution in [0.4, 0.5) is 0 Å². The molecular formula is C11H13BrN4. The van der Waals surface area contributed by atoms with Crippen molar-refractivity contribution in [2.45, 2.75) is 13.0 Å². The second kappa shape index (κ2) is 4.76. The summed E-state index contributed by atoms with van der Waals surface area (Å²) in [6, 6.07) is 8.13. The summed E-state index contributed by atoms with van der Waals surface area (Å²) in [5, 5.41) is 11.4. The molecule has 0 bridgehead atoms. The Bertz CT molecular complexity index is 480. The number of nitrogens with one attached hydrogen (secondary N) is 1. The zero-order chi connectivity index (χ0) is 11.5. The van der Waals surface area contributed by atoms with Crippen LogP contribution in [-0.4, -0.2) is 22.0 Å². The van der Waals surface area contributed by atoms with Crippen LogP contribution < -0.4 is 5.32 Å². The number of benzene rings is 1. The van der Waals surface area contributed by atoms with Crippen molar-refractivity contribution in [3.63, 3.8) is 0 Å². The first-order valence-corrected chi connectivity index (χ1v) is 5.86. The van der Waals surface area contributed by atoms with E-state index in [4.69, 9.17) is 0 Å². The van der Waals surface area contributed by atoms with Gasteiger partial charge in [0.2, 0.25) is 0 Å². The van der Waals surface area contributed by atoms with Crippen LogP contribution in [-0.2, 0) is 0 Å². The first-order valence-electron chi connectivity index (χ1n) is 5.07. The van der Waals surface area contributed by atoms with Crippen LogP contribution in [0.2, 0.25) is 0 Å². The van der Waals surface area contributed by atoms with Gasteiger partial charge in [0, 0.05) is 10.5 Å². The van der Waals surface area contributed by atoms with Crippen molar-refractivity contribution in [2.24, 2.45) is 0 Å². The third-order valence-electron chi connectivity index (χ3n) is 2.49. The smallest absolute Gasteiger partial charge is 0.0998 e. The van der Waals surface area contributed by atoms with Gasteiger partial charge in [-0.15, -0.1) is 5.10 Å². The maximum Gasteiger partial charge on any atom is 0.0998 e. The minimum atomic E-state index is 0.205. The molecule has 0 fully saturated rings. The fraction of sp³-hybridized carbons (Fsp3) is 0.273. The molecule has 0 saturated carbocycles. The SMILES string of the molecule is CNC(C)c1cn(-c2ccccc2Br)nn1. The first kappa shape index (κ1) is 11.3. The topological polar surface area (TPSA) is 42.7 Å². The lowest BCUT2D eigenvalue weighted by atomic mass is 10.2. The molecule has 5 heteroatoms. The van der Waals surface area contributed by atoms with Crippen molar-refractivity contribution >= 4 is 15.9 Å². The normalized spacial score (nSPS) is 12.7. The molecule has 0 aliphatic rings. The van der Waals surface area contributed by atoms with Gasteiger partial charge >= 0.3 is 0 Å². The quantitative estimate of drug-likeness (QED) is 0.938. The summed E-state index contributed by atoms with van der Waals surface area (Å²) in [7, 11) is 1.90. The van der Waals surface area contributed by atoms with E-state index >= 15 is 0 Å². The van der Waals surface area contributed by atoms with Gasteiger partial charge in [0.1, 0.15) is 0 Å². The fourth-order valence-corrected chi connectivity index (χ4v) is 1.84. The van der Waals surface area contributed by atoms with Crippen molar-refractivity contribution in [1.82, 2.24) is 20.3 Å². The van der Waals surface area contributed by atoms with Gasteiger partial charge in [-0.25, -0.2) is 4.68 Å². The second-order valence-corrected chi connectivity index (χ2v) is 4.40. The summed E-state index contributed by atoms with van der Waals surface area (Å²) >= 11 is 3.49. The molecule has 1 aromatic carbocycles. The highest BCUT2D eigenvalue weighted by atomic mass is 79.9. The van der Waals surface area contributed by atoms with Crippen LogP contribution >= 0.6 is 15.9 Å². The van der Waals surface area contributed by atoms with E-state index in [0.717, 1.165) is 15.9 Å². The molecular weight excluding hydrogens is 268 g/mol. The van der Waals surface area contributed by atoms with Crippen LogP contribution in [0.5, 0.6) is 0 Å². The van der Waals surface area contributed by atoms with Crippen LogP contribution in [0.15, 0.2) is 34.9 Å². The van der Waals surface area contributed by atoms with E-state index in [0.29, 0.717) is 0 Å². The van der Waals surface area contributed by atoms with Gasteiger partial charge in [-0.2, -0.15) is 0 Å². The van der Waals surface area contributed by atoms with Crippen LogP contribution in [0.3, 0.4) is 0 Å². The summed E-state index contributed by atoms with van der Waals surface area (Å²) in [4.78, 5) is 0. The van der Waals surface area contributed by atoms with E-state index in [1.165, 1.54) is 0 Å². The lowest BCUT2D eigenvalue weighted by Gasteiger charge is -2.04. The second-order valence-electron chi connectivity index (χ2n) is 3.55. The molecule has 0 aliphatic heterocycles. The maximum atomic E-state index is 4.13. The van der Waals surface area contributed by atoms with Gasteiger partial charge in [0.15, 0.2) is 0 Å². The summed E-state index contributed by atoms with van der Waals surface area (Å²) in [6.07, 6.45) is 1.93. The highest BCUT2D eigenvalue weighted by Crippen LogP contribution is 2.20. The van der Waals surface area contributed by atoms with Crippen molar-refractivity contribution in [2.75, 3.05) is 7.05 Å². The Morgan fingerprint density at radius 3 is 2.81 bits per heavy atom. The first-order chi connectivity index (χ1) is 7.72. The average Bonchev–Trinajstić information content (AvgIpc) is 2.78. The molecule has 0 aliphatic carbocycles. The van der Waals surface area contributed by atoms with Crippen molar-refractivity contribution < 1.29 is 0 Å². The Kier molecular flexibility index (Phi) is 3.36. The lowest BCUT2D eigenvalue weighted by Crippen LogP contribution is -2.12. The molecule has 0 amide bonds. The van der Waals surface area contributed by atoms with Gasteiger partial charge in [0.05, 0.1) is 17.6 Å². The Hall–Kier alpha value is -1.20. The van der Waals surface area contributed by atoms with Crippen molar-refractivity contribution in [1.29, 1.82) is 0 Å². The van der Waals surface area contributed by atoms with Crippen LogP contribution in [0.1, 0.15) is 18.7 Å². The van der Waals surface area contributed by atoms with Gasteiger partial charge in [-0.05, 0) is 42.0 Å². The molecule has 0 spiro atoms. The highest BCUT2D eigenvalue weighted by Gasteiger charge is 2.09. The molecule has 2 aromatic rings. The number of hydrogen-bond acceptors (Lipinski definition) is 3. The van der Waals surface area contributed by atoms with E-state index in [2.05, 4.69) is 31.6 Å². The number of aromatic nitrogens is 3. The monoisotopic (exact) mass is 280 g/mol. The Morgan fingerprint density at radius 1 is 1.38 bits per heavy atom. The van der Waals surface area contributed by atoms with Gasteiger partial charge in [-0.1, -0.05) is 17.3 Å². The number of hydrogen-bond donors (Lipinski definition) is 1. The summed E-state index contributed by atoms with van der Waals surface area (Å²) in [5.74, 6) is 0. The molecule has 1 aromatic heterocycles. The predicted molar refractivity (Wildman–Crippen MR) is 66.5 cm³/mol. The third kappa shape index (κ3) is 2.15. The number of para-hydroxylation sites is 1. The zero-order valence-corrected chi connectivity index (χ0v) is 10.8. The van der Waals surface area contributed by atoms with E-state index in [1.807, 2.05) is 44.4 Å². The summed E-state index contributed by atoms with van der Waals surface area (Å²) in [5.41, 5.74) is 1.92. The molecule has 2 rings (SSSR count). The fourth-order valence-electron chi connectivity index (χ4n) is 1.38. The minimum Gasteiger partial charge on any atom is -0.312 e. The van der Waals surface area contributed by atoms with E-state index in [9.17, 15) is 0 Å². The highest BCUT2D eigenvalue weighted by molar-refractivity contribution is 9.10. The van der Waals surface area contributed by atoms with E-state index < -0.39 is 0 Å². The minimum absolute atomic E-state index is 0.205. The molecule has 16 heavy (non-hydrogen) atoms. The molecule has 1 atom stereocenters. The maximum absolute atomic E-state index is 4.13. The predicted octanol–water partition coefficient (Wildman–Crippen LogP) is 2.31. The van der Waals surface area contributed by atoms with E-state index in [-0.39, 0.29) is 6.04 Å². The molecule has 0 saturated heterocycles. The van der Waals surface area contributed by atoms with Crippen molar-refractivity contribution in [3.8, 4) is 5.69 Å². The Labute approximate surface area is 103 Å². The number of halogens is 1. The Morgan fingerprint density at radius 2 is 2.12 bits per heavy atom. The molecule has 84 valence electrons. The largest absolute Gasteiger partial charge is 0.312 e. The van der Waals surface area contributed by atoms with Gasteiger partial charge in [0.25, 0.3) is 0 Å². The van der Waals surface area contributed by atoms with Gasteiger partial charge < -0.3 is 5.32 Å². The van der Waals surface area contributed by atoms with Crippen molar-refractivity contribution in [3.05, 3.63) is 40.6 Å². The van der Waals surface area contributed by atoms with Gasteiger partial charge in [-0.3, -0.25) is 0 Å². The van der Waals surface area contributed by atoms with E-state index in [1.54, 1.807) is 4.68 Å². The molecule has 1 unspecified atom stereocenters. The molecule has 0 radical (unpaired) electrons. The Balaban J connectivity index is 2.35. The standard InChI is InChI=1S/C11H13BrN4/c1-8(13-2)10-7-16(15-14-10)11-6-4-3-5-9(11)12/h3-8,13H,1-2H3. The average molecular weight is 281 g/mol. The third-order valence-corrected chi connectivity index (χ3v) is 3.16. The lowest BCUT2D eigenvalue weighted by molar-refractivity contribution is 0.630. The molecule has 1 N–H and O–H groups in total. The summed E-state index contributed by atoms with van der Waals surface area (Å²) in [6.45, 7) is 2.05. The van der Waals surface area contributed by atoms with Crippen LogP contribution in [0.25, 0.3) is 5.69 Å². The number of nitrogens with zero attached hydrogens (tertiary/aromatic N) is 3. The molecule has 4 nitrogen and oxygen atoms in total. The van der Waals surface area contributed by atoms with Crippen LogP contribution in [0, 0.1) is 0 Å². The zero-order valence-electron chi connectivity index (χ0n) is 9.18.